The number of ether oxygens (including phenoxy) is 2. The summed E-state index contributed by atoms with van der Waals surface area (Å²) in [5.41, 5.74) is 4.20. The SMILES string of the molecule is CCOC(=O)C(Cc1ccc(OCCc2nc(-c3ccccc3)oc2C)cc1)c1ccc(C#N)cc1. The second-order valence-corrected chi connectivity index (χ2v) is 8.37. The highest BCUT2D eigenvalue weighted by molar-refractivity contribution is 5.78. The van der Waals surface area contributed by atoms with E-state index in [0.29, 0.717) is 37.5 Å². The zero-order chi connectivity index (χ0) is 25.3. The lowest BCUT2D eigenvalue weighted by molar-refractivity contribution is -0.144. The summed E-state index contributed by atoms with van der Waals surface area (Å²) in [5, 5.41) is 9.05. The fourth-order valence-electron chi connectivity index (χ4n) is 3.96. The van der Waals surface area contributed by atoms with Gasteiger partial charge in [-0.05, 0) is 67.8 Å². The van der Waals surface area contributed by atoms with Gasteiger partial charge in [0, 0.05) is 12.0 Å². The van der Waals surface area contributed by atoms with Crippen LogP contribution in [0.5, 0.6) is 5.75 Å². The molecule has 0 saturated carbocycles. The molecule has 0 aliphatic rings. The fraction of sp³-hybridized carbons (Fsp3) is 0.233. The molecular formula is C30H28N2O4. The molecule has 3 aromatic carbocycles. The van der Waals surface area contributed by atoms with E-state index in [9.17, 15) is 4.79 Å². The number of rotatable bonds is 10. The molecule has 1 aromatic heterocycles. The molecule has 4 rings (SSSR count). The summed E-state index contributed by atoms with van der Waals surface area (Å²) in [6, 6.07) is 26.7. The smallest absolute Gasteiger partial charge is 0.313 e. The van der Waals surface area contributed by atoms with Crippen LogP contribution >= 0.6 is 0 Å². The van der Waals surface area contributed by atoms with E-state index in [4.69, 9.17) is 19.2 Å². The predicted octanol–water partition coefficient (Wildman–Crippen LogP) is 6.03. The van der Waals surface area contributed by atoms with Crippen LogP contribution in [0.3, 0.4) is 0 Å². The summed E-state index contributed by atoms with van der Waals surface area (Å²) in [5.74, 6) is 1.43. The minimum atomic E-state index is -0.446. The molecule has 6 nitrogen and oxygen atoms in total. The topological polar surface area (TPSA) is 85.3 Å². The zero-order valence-electron chi connectivity index (χ0n) is 20.4. The molecule has 0 amide bonds. The number of benzene rings is 3. The third kappa shape index (κ3) is 6.19. The first-order valence-corrected chi connectivity index (χ1v) is 12.0. The zero-order valence-corrected chi connectivity index (χ0v) is 20.4. The van der Waals surface area contributed by atoms with Crippen LogP contribution in [0.4, 0.5) is 0 Å². The molecule has 1 heterocycles. The Hall–Kier alpha value is -4.37. The number of esters is 1. The lowest BCUT2D eigenvalue weighted by Crippen LogP contribution is -2.18. The number of carbonyl (C=O) groups is 1. The Morgan fingerprint density at radius 3 is 2.42 bits per heavy atom. The molecule has 182 valence electrons. The second kappa shape index (κ2) is 11.9. The van der Waals surface area contributed by atoms with Crippen molar-refractivity contribution < 1.29 is 18.7 Å². The highest BCUT2D eigenvalue weighted by Gasteiger charge is 2.22. The molecule has 0 aliphatic heterocycles. The monoisotopic (exact) mass is 480 g/mol. The molecule has 0 N–H and O–H groups in total. The van der Waals surface area contributed by atoms with Crippen LogP contribution in [0.1, 0.15) is 41.0 Å². The van der Waals surface area contributed by atoms with Crippen molar-refractivity contribution in [2.75, 3.05) is 13.2 Å². The Morgan fingerprint density at radius 1 is 1.03 bits per heavy atom. The Labute approximate surface area is 211 Å². The highest BCUT2D eigenvalue weighted by atomic mass is 16.5. The van der Waals surface area contributed by atoms with E-state index in [-0.39, 0.29) is 5.97 Å². The van der Waals surface area contributed by atoms with E-state index in [1.54, 1.807) is 19.1 Å². The Kier molecular flexibility index (Phi) is 8.15. The third-order valence-corrected chi connectivity index (χ3v) is 5.90. The fourth-order valence-corrected chi connectivity index (χ4v) is 3.96. The summed E-state index contributed by atoms with van der Waals surface area (Å²) < 4.78 is 17.1. The third-order valence-electron chi connectivity index (χ3n) is 5.90. The standard InChI is InChI=1S/C30H28N2O4/c1-3-34-30(33)27(24-13-9-23(20-31)10-14-24)19-22-11-15-26(16-12-22)35-18-17-28-21(2)36-29(32-28)25-7-5-4-6-8-25/h4-16,27H,3,17-19H2,1-2H3. The van der Waals surface area contributed by atoms with Gasteiger partial charge in [-0.2, -0.15) is 5.26 Å². The Balaban J connectivity index is 1.36. The van der Waals surface area contributed by atoms with Gasteiger partial charge in [-0.3, -0.25) is 4.79 Å². The number of hydrogen-bond donors (Lipinski definition) is 0. The van der Waals surface area contributed by atoms with Crippen molar-refractivity contribution in [2.45, 2.75) is 32.6 Å². The van der Waals surface area contributed by atoms with Crippen LogP contribution in [-0.2, 0) is 22.4 Å². The van der Waals surface area contributed by atoms with E-state index >= 15 is 0 Å². The number of aromatic nitrogens is 1. The molecule has 0 radical (unpaired) electrons. The van der Waals surface area contributed by atoms with E-state index in [1.165, 1.54) is 0 Å². The first kappa shape index (κ1) is 24.7. The lowest BCUT2D eigenvalue weighted by atomic mass is 9.91. The molecule has 1 unspecified atom stereocenters. The predicted molar refractivity (Wildman–Crippen MR) is 137 cm³/mol. The summed E-state index contributed by atoms with van der Waals surface area (Å²) in [4.78, 5) is 17.3. The van der Waals surface area contributed by atoms with Crippen LogP contribution in [-0.4, -0.2) is 24.2 Å². The number of nitrogens with zero attached hydrogens (tertiary/aromatic N) is 2. The number of oxazole rings is 1. The van der Waals surface area contributed by atoms with E-state index in [0.717, 1.165) is 33.9 Å². The molecule has 0 saturated heterocycles. The van der Waals surface area contributed by atoms with Crippen LogP contribution in [0.25, 0.3) is 11.5 Å². The van der Waals surface area contributed by atoms with Gasteiger partial charge in [0.1, 0.15) is 11.5 Å². The van der Waals surface area contributed by atoms with Gasteiger partial charge in [-0.15, -0.1) is 0 Å². The summed E-state index contributed by atoms with van der Waals surface area (Å²) in [6.45, 7) is 4.49. The average molecular weight is 481 g/mol. The first-order chi connectivity index (χ1) is 17.6. The van der Waals surface area contributed by atoms with Crippen molar-refractivity contribution in [3.63, 3.8) is 0 Å². The van der Waals surface area contributed by atoms with Crippen molar-refractivity contribution in [2.24, 2.45) is 0 Å². The normalized spacial score (nSPS) is 11.5. The number of hydrogen-bond acceptors (Lipinski definition) is 6. The van der Waals surface area contributed by atoms with Crippen LogP contribution in [0, 0.1) is 18.3 Å². The second-order valence-electron chi connectivity index (χ2n) is 8.37. The minimum Gasteiger partial charge on any atom is -0.493 e. The van der Waals surface area contributed by atoms with Crippen molar-refractivity contribution in [3.05, 3.63) is 107 Å². The maximum absolute atomic E-state index is 12.6. The maximum Gasteiger partial charge on any atom is 0.313 e. The molecular weight excluding hydrogens is 452 g/mol. The molecule has 4 aromatic rings. The average Bonchev–Trinajstić information content (AvgIpc) is 3.29. The van der Waals surface area contributed by atoms with Crippen LogP contribution in [0.2, 0.25) is 0 Å². The van der Waals surface area contributed by atoms with Crippen molar-refractivity contribution in [1.82, 2.24) is 4.98 Å². The van der Waals surface area contributed by atoms with E-state index < -0.39 is 5.92 Å². The van der Waals surface area contributed by atoms with Crippen molar-refractivity contribution >= 4 is 5.97 Å². The number of nitriles is 1. The number of aryl methyl sites for hydroxylation is 1. The number of carbonyl (C=O) groups excluding carboxylic acids is 1. The Morgan fingerprint density at radius 2 is 1.75 bits per heavy atom. The van der Waals surface area contributed by atoms with Gasteiger partial charge in [-0.25, -0.2) is 4.98 Å². The first-order valence-electron chi connectivity index (χ1n) is 12.0. The summed E-state index contributed by atoms with van der Waals surface area (Å²) >= 11 is 0. The van der Waals surface area contributed by atoms with Crippen LogP contribution < -0.4 is 4.74 Å². The summed E-state index contributed by atoms with van der Waals surface area (Å²) in [7, 11) is 0. The van der Waals surface area contributed by atoms with Gasteiger partial charge < -0.3 is 13.9 Å². The van der Waals surface area contributed by atoms with Gasteiger partial charge in [0.15, 0.2) is 0 Å². The highest BCUT2D eigenvalue weighted by Crippen LogP contribution is 2.25. The molecule has 0 aliphatic carbocycles. The van der Waals surface area contributed by atoms with Gasteiger partial charge in [-0.1, -0.05) is 42.5 Å². The largest absolute Gasteiger partial charge is 0.493 e. The van der Waals surface area contributed by atoms with Crippen molar-refractivity contribution in [3.8, 4) is 23.3 Å². The molecule has 1 atom stereocenters. The minimum absolute atomic E-state index is 0.277. The lowest BCUT2D eigenvalue weighted by Gasteiger charge is -2.16. The van der Waals surface area contributed by atoms with Gasteiger partial charge in [0.25, 0.3) is 0 Å². The molecule has 6 heteroatoms. The molecule has 36 heavy (non-hydrogen) atoms. The van der Waals surface area contributed by atoms with Gasteiger partial charge >= 0.3 is 5.97 Å². The molecule has 0 spiro atoms. The quantitative estimate of drug-likeness (QED) is 0.258. The van der Waals surface area contributed by atoms with E-state index in [2.05, 4.69) is 11.1 Å². The maximum atomic E-state index is 12.6. The van der Waals surface area contributed by atoms with E-state index in [1.807, 2.05) is 73.7 Å². The Bertz CT molecular complexity index is 1320. The molecule has 0 bridgehead atoms. The van der Waals surface area contributed by atoms with Crippen LogP contribution in [0.15, 0.2) is 83.3 Å². The van der Waals surface area contributed by atoms with Gasteiger partial charge in [0.2, 0.25) is 5.89 Å². The van der Waals surface area contributed by atoms with Crippen molar-refractivity contribution in [1.29, 1.82) is 5.26 Å². The van der Waals surface area contributed by atoms with Gasteiger partial charge in [0.05, 0.1) is 36.5 Å². The summed E-state index contributed by atoms with van der Waals surface area (Å²) in [6.07, 6.45) is 1.12. The molecule has 0 fully saturated rings.